The maximum absolute atomic E-state index is 12.4. The molecule has 0 bridgehead atoms. The van der Waals surface area contributed by atoms with Gasteiger partial charge in [-0.1, -0.05) is 12.1 Å². The second kappa shape index (κ2) is 8.10. The molecule has 2 aliphatic heterocycles. The van der Waals surface area contributed by atoms with Crippen LogP contribution in [0.15, 0.2) is 24.3 Å². The van der Waals surface area contributed by atoms with E-state index in [1.807, 2.05) is 0 Å². The second-order valence-electron chi connectivity index (χ2n) is 8.39. The Morgan fingerprint density at radius 1 is 1.08 bits per heavy atom. The van der Waals surface area contributed by atoms with Gasteiger partial charge in [0.25, 0.3) is 0 Å². The van der Waals surface area contributed by atoms with Gasteiger partial charge in [0.05, 0.1) is 0 Å². The van der Waals surface area contributed by atoms with Gasteiger partial charge in [0.2, 0.25) is 5.91 Å². The van der Waals surface area contributed by atoms with Gasteiger partial charge in [-0.3, -0.25) is 9.69 Å². The maximum Gasteiger partial charge on any atom is 0.227 e. The lowest BCUT2D eigenvalue weighted by molar-refractivity contribution is -0.122. The topological polar surface area (TPSA) is 41.6 Å². The Kier molecular flexibility index (Phi) is 5.60. The van der Waals surface area contributed by atoms with Crippen LogP contribution in [0.4, 0.5) is 5.69 Å². The van der Waals surface area contributed by atoms with Crippen LogP contribution in [0.25, 0.3) is 0 Å². The Morgan fingerprint density at radius 2 is 1.85 bits per heavy atom. The summed E-state index contributed by atoms with van der Waals surface area (Å²) < 4.78 is 5.34. The monoisotopic (exact) mass is 356 g/mol. The molecular formula is C22H32N2O2. The highest BCUT2D eigenvalue weighted by atomic mass is 16.5. The third-order valence-electron chi connectivity index (χ3n) is 6.72. The van der Waals surface area contributed by atoms with Crippen LogP contribution in [-0.4, -0.2) is 42.6 Å². The minimum atomic E-state index is 0.0986. The largest absolute Gasteiger partial charge is 0.381 e. The molecule has 3 fully saturated rings. The zero-order valence-electron chi connectivity index (χ0n) is 16.0. The molecule has 2 heterocycles. The number of carbonyl (C=O) groups is 1. The van der Waals surface area contributed by atoms with Crippen LogP contribution in [0.5, 0.6) is 0 Å². The quantitative estimate of drug-likeness (QED) is 0.880. The number of rotatable bonds is 4. The lowest BCUT2D eigenvalue weighted by Gasteiger charge is -2.28. The second-order valence-corrected chi connectivity index (χ2v) is 8.39. The van der Waals surface area contributed by atoms with Gasteiger partial charge in [0.1, 0.15) is 0 Å². The van der Waals surface area contributed by atoms with Crippen molar-refractivity contribution in [3.8, 4) is 0 Å². The van der Waals surface area contributed by atoms with E-state index in [-0.39, 0.29) is 11.8 Å². The van der Waals surface area contributed by atoms with Crippen molar-refractivity contribution in [2.45, 2.75) is 69.9 Å². The van der Waals surface area contributed by atoms with Crippen molar-refractivity contribution < 1.29 is 9.53 Å². The summed E-state index contributed by atoms with van der Waals surface area (Å²) in [6.45, 7) is 5.08. The first-order chi connectivity index (χ1) is 12.7. The van der Waals surface area contributed by atoms with Gasteiger partial charge in [0, 0.05) is 36.9 Å². The van der Waals surface area contributed by atoms with Crippen molar-refractivity contribution in [2.75, 3.05) is 25.1 Å². The summed E-state index contributed by atoms with van der Waals surface area (Å²) in [7, 11) is 0. The lowest BCUT2D eigenvalue weighted by Crippen LogP contribution is -2.35. The first-order valence-corrected chi connectivity index (χ1v) is 10.4. The van der Waals surface area contributed by atoms with E-state index in [2.05, 4.69) is 41.4 Å². The molecular weight excluding hydrogens is 324 g/mol. The molecule has 4 nitrogen and oxygen atoms in total. The molecule has 3 atom stereocenters. The van der Waals surface area contributed by atoms with Crippen molar-refractivity contribution in [1.29, 1.82) is 0 Å². The molecule has 1 amide bonds. The number of hydrogen-bond donors (Lipinski definition) is 1. The summed E-state index contributed by atoms with van der Waals surface area (Å²) in [6.07, 6.45) is 8.31. The molecule has 1 N–H and O–H groups in total. The van der Waals surface area contributed by atoms with Crippen molar-refractivity contribution in [3.63, 3.8) is 0 Å². The van der Waals surface area contributed by atoms with Crippen LogP contribution in [0.3, 0.4) is 0 Å². The van der Waals surface area contributed by atoms with Gasteiger partial charge in [-0.2, -0.15) is 0 Å². The zero-order chi connectivity index (χ0) is 17.9. The average Bonchev–Trinajstić information content (AvgIpc) is 3.32. The Balaban J connectivity index is 1.32. The Morgan fingerprint density at radius 3 is 2.54 bits per heavy atom. The van der Waals surface area contributed by atoms with E-state index >= 15 is 0 Å². The molecule has 1 aliphatic carbocycles. The van der Waals surface area contributed by atoms with Crippen molar-refractivity contribution in [2.24, 2.45) is 5.92 Å². The third-order valence-corrected chi connectivity index (χ3v) is 6.72. The number of carbonyl (C=O) groups excluding carboxylic acids is 1. The van der Waals surface area contributed by atoms with E-state index in [9.17, 15) is 4.79 Å². The molecule has 4 rings (SSSR count). The van der Waals surface area contributed by atoms with Crippen molar-refractivity contribution >= 4 is 11.6 Å². The molecule has 0 aromatic heterocycles. The number of nitrogens with zero attached hydrogens (tertiary/aromatic N) is 1. The predicted octanol–water partition coefficient (Wildman–Crippen LogP) is 4.17. The minimum Gasteiger partial charge on any atom is -0.381 e. The average molecular weight is 357 g/mol. The third kappa shape index (κ3) is 3.96. The van der Waals surface area contributed by atoms with Gasteiger partial charge < -0.3 is 10.1 Å². The van der Waals surface area contributed by atoms with Crippen LogP contribution in [-0.2, 0) is 9.53 Å². The van der Waals surface area contributed by atoms with Crippen LogP contribution in [0, 0.1) is 5.92 Å². The Hall–Kier alpha value is -1.39. The smallest absolute Gasteiger partial charge is 0.227 e. The van der Waals surface area contributed by atoms with E-state index in [0.717, 1.165) is 30.6 Å². The molecule has 0 spiro atoms. The van der Waals surface area contributed by atoms with Crippen LogP contribution in [0.2, 0.25) is 0 Å². The molecule has 1 aromatic carbocycles. The van der Waals surface area contributed by atoms with E-state index in [1.165, 1.54) is 44.2 Å². The predicted molar refractivity (Wildman–Crippen MR) is 104 cm³/mol. The Labute approximate surface area is 157 Å². The fourth-order valence-electron chi connectivity index (χ4n) is 5.10. The van der Waals surface area contributed by atoms with E-state index in [0.29, 0.717) is 19.1 Å². The molecule has 26 heavy (non-hydrogen) atoms. The molecule has 4 heteroatoms. The number of nitrogens with one attached hydrogen (secondary N) is 1. The van der Waals surface area contributed by atoms with Gasteiger partial charge in [-0.05, 0) is 82.0 Å². The van der Waals surface area contributed by atoms with Crippen molar-refractivity contribution in [1.82, 2.24) is 4.90 Å². The number of ether oxygens (including phenoxy) is 1. The number of hydrogen-bond acceptors (Lipinski definition) is 3. The molecule has 3 aliphatic rings. The molecule has 2 saturated heterocycles. The molecule has 142 valence electrons. The van der Waals surface area contributed by atoms with Gasteiger partial charge in [0.15, 0.2) is 0 Å². The SMILES string of the molecule is CC1CCCN1C1CCC(c2ccc(NC(=O)C3CCOCC3)cc2)C1. The summed E-state index contributed by atoms with van der Waals surface area (Å²) in [5, 5.41) is 3.09. The van der Waals surface area contributed by atoms with Gasteiger partial charge in [-0.15, -0.1) is 0 Å². The summed E-state index contributed by atoms with van der Waals surface area (Å²) in [5.41, 5.74) is 2.36. The number of likely N-dealkylation sites (tertiary alicyclic amines) is 1. The lowest BCUT2D eigenvalue weighted by atomic mass is 9.96. The first-order valence-electron chi connectivity index (χ1n) is 10.4. The number of anilines is 1. The molecule has 0 radical (unpaired) electrons. The van der Waals surface area contributed by atoms with Crippen molar-refractivity contribution in [3.05, 3.63) is 29.8 Å². The fourth-order valence-corrected chi connectivity index (χ4v) is 5.10. The first kappa shape index (κ1) is 18.0. The number of amides is 1. The van der Waals surface area contributed by atoms with Crippen LogP contribution >= 0.6 is 0 Å². The summed E-state index contributed by atoms with van der Waals surface area (Å²) >= 11 is 0. The highest BCUT2D eigenvalue weighted by Gasteiger charge is 2.34. The minimum absolute atomic E-state index is 0.0986. The summed E-state index contributed by atoms with van der Waals surface area (Å²) in [5.74, 6) is 0.916. The molecule has 1 aromatic rings. The van der Waals surface area contributed by atoms with E-state index in [4.69, 9.17) is 4.74 Å². The van der Waals surface area contributed by atoms with Crippen LogP contribution in [0.1, 0.15) is 63.4 Å². The normalized spacial score (nSPS) is 30.6. The molecule has 3 unspecified atom stereocenters. The number of benzene rings is 1. The van der Waals surface area contributed by atoms with Gasteiger partial charge in [-0.25, -0.2) is 0 Å². The van der Waals surface area contributed by atoms with E-state index in [1.54, 1.807) is 0 Å². The fraction of sp³-hybridized carbons (Fsp3) is 0.682. The zero-order valence-corrected chi connectivity index (χ0v) is 16.0. The Bertz CT molecular complexity index is 609. The summed E-state index contributed by atoms with van der Waals surface area (Å²) in [4.78, 5) is 15.1. The maximum atomic E-state index is 12.4. The highest BCUT2D eigenvalue weighted by Crippen LogP contribution is 2.39. The van der Waals surface area contributed by atoms with E-state index < -0.39 is 0 Å². The highest BCUT2D eigenvalue weighted by molar-refractivity contribution is 5.92. The molecule has 1 saturated carbocycles. The van der Waals surface area contributed by atoms with Gasteiger partial charge >= 0.3 is 0 Å². The summed E-state index contributed by atoms with van der Waals surface area (Å²) in [6, 6.07) is 10.1. The van der Waals surface area contributed by atoms with Crippen LogP contribution < -0.4 is 5.32 Å². The standard InChI is InChI=1S/C22H32N2O2/c1-16-3-2-12-24(16)21-9-6-19(15-21)17-4-7-20(8-5-17)23-22(25)18-10-13-26-14-11-18/h4-5,7-8,16,18-19,21H,2-3,6,9-15H2,1H3,(H,23,25).